The largest absolute Gasteiger partial charge is 0.497 e. The van der Waals surface area contributed by atoms with Gasteiger partial charge in [0.25, 0.3) is 11.8 Å². The number of imide groups is 2. The van der Waals surface area contributed by atoms with E-state index < -0.39 is 17.8 Å². The van der Waals surface area contributed by atoms with Gasteiger partial charge in [-0.05, 0) is 85.6 Å². The van der Waals surface area contributed by atoms with Gasteiger partial charge < -0.3 is 14.0 Å². The maximum atomic E-state index is 13.2. The topological polar surface area (TPSA) is 89.9 Å². The molecule has 0 spiro atoms. The number of rotatable bonds is 7. The van der Waals surface area contributed by atoms with E-state index in [0.29, 0.717) is 17.1 Å². The number of methoxy groups -OCH3 is 1. The van der Waals surface area contributed by atoms with Gasteiger partial charge >= 0.3 is 6.03 Å². The summed E-state index contributed by atoms with van der Waals surface area (Å²) in [5.41, 5.74) is 4.07. The van der Waals surface area contributed by atoms with Crippen LogP contribution in [0.3, 0.4) is 0 Å². The van der Waals surface area contributed by atoms with Crippen molar-refractivity contribution in [3.63, 3.8) is 0 Å². The van der Waals surface area contributed by atoms with Gasteiger partial charge in [0.1, 0.15) is 22.8 Å². The van der Waals surface area contributed by atoms with Gasteiger partial charge in [-0.25, -0.2) is 4.79 Å². The summed E-state index contributed by atoms with van der Waals surface area (Å²) < 4.78 is 13.1. The fourth-order valence-electron chi connectivity index (χ4n) is 4.53. The van der Waals surface area contributed by atoms with Crippen molar-refractivity contribution in [1.82, 2.24) is 14.8 Å². The van der Waals surface area contributed by atoms with Crippen LogP contribution in [0.25, 0.3) is 11.8 Å². The lowest BCUT2D eigenvalue weighted by Crippen LogP contribution is -2.53. The Kier molecular flexibility index (Phi) is 7.01. The minimum Gasteiger partial charge on any atom is -0.497 e. The molecule has 8 nitrogen and oxygen atoms in total. The lowest BCUT2D eigenvalue weighted by Gasteiger charge is -2.26. The molecule has 196 valence electrons. The molecule has 4 aromatic rings. The zero-order valence-corrected chi connectivity index (χ0v) is 21.8. The van der Waals surface area contributed by atoms with Crippen molar-refractivity contribution in [2.24, 2.45) is 0 Å². The highest BCUT2D eigenvalue weighted by molar-refractivity contribution is 6.31. The molecule has 8 heteroatoms. The highest BCUT2D eigenvalue weighted by Gasteiger charge is 2.36. The number of benzene rings is 3. The van der Waals surface area contributed by atoms with Gasteiger partial charge in [-0.1, -0.05) is 30.3 Å². The second-order valence-corrected chi connectivity index (χ2v) is 9.13. The van der Waals surface area contributed by atoms with E-state index >= 15 is 0 Å². The summed E-state index contributed by atoms with van der Waals surface area (Å²) in [5.74, 6) is 0.795. The van der Waals surface area contributed by atoms with Crippen LogP contribution in [0, 0.1) is 13.8 Å². The number of aryl methyl sites for hydroxylation is 1. The van der Waals surface area contributed by atoms with Crippen LogP contribution in [0.5, 0.6) is 17.2 Å². The molecule has 0 saturated carbocycles. The first kappa shape index (κ1) is 25.5. The van der Waals surface area contributed by atoms with Gasteiger partial charge in [-0.2, -0.15) is 0 Å². The lowest BCUT2D eigenvalue weighted by atomic mass is 10.1. The third kappa shape index (κ3) is 5.31. The summed E-state index contributed by atoms with van der Waals surface area (Å²) in [7, 11) is 1.62. The molecule has 0 aliphatic carbocycles. The third-order valence-electron chi connectivity index (χ3n) is 6.53. The van der Waals surface area contributed by atoms with Crippen LogP contribution in [-0.4, -0.2) is 34.4 Å². The number of hydrogen-bond donors (Lipinski definition) is 1. The van der Waals surface area contributed by atoms with Crippen LogP contribution in [0.2, 0.25) is 0 Å². The first-order chi connectivity index (χ1) is 18.8. The predicted octanol–water partition coefficient (Wildman–Crippen LogP) is 5.56. The SMILES string of the molecule is COc1ccc(Oc2ccc(-n3c(C)cc(/C=C4\C(=O)NC(=O)N(Cc5ccccc5)C4=O)c3C)cc2)cc1. The summed E-state index contributed by atoms with van der Waals surface area (Å²) in [6.45, 7) is 3.93. The Bertz CT molecular complexity index is 1570. The second-order valence-electron chi connectivity index (χ2n) is 9.13. The van der Waals surface area contributed by atoms with Gasteiger partial charge in [0.15, 0.2) is 0 Å². The summed E-state index contributed by atoms with van der Waals surface area (Å²) in [5, 5.41) is 2.29. The Hall–Kier alpha value is -5.11. The Morgan fingerprint density at radius 3 is 2.08 bits per heavy atom. The zero-order chi connectivity index (χ0) is 27.5. The van der Waals surface area contributed by atoms with Crippen LogP contribution in [0.15, 0.2) is 90.5 Å². The van der Waals surface area contributed by atoms with E-state index in [1.165, 1.54) is 0 Å². The van der Waals surface area contributed by atoms with E-state index in [1.54, 1.807) is 13.2 Å². The van der Waals surface area contributed by atoms with Gasteiger partial charge in [0.05, 0.1) is 13.7 Å². The van der Waals surface area contributed by atoms with Crippen molar-refractivity contribution >= 4 is 23.9 Å². The third-order valence-corrected chi connectivity index (χ3v) is 6.53. The lowest BCUT2D eigenvalue weighted by molar-refractivity contribution is -0.130. The molecule has 1 fully saturated rings. The van der Waals surface area contributed by atoms with Gasteiger partial charge in [0.2, 0.25) is 0 Å². The molecule has 1 saturated heterocycles. The van der Waals surface area contributed by atoms with E-state index in [0.717, 1.165) is 33.3 Å². The van der Waals surface area contributed by atoms with Crippen molar-refractivity contribution in [3.05, 3.63) is 113 Å². The number of ether oxygens (including phenoxy) is 2. The highest BCUT2D eigenvalue weighted by atomic mass is 16.5. The summed E-state index contributed by atoms with van der Waals surface area (Å²) in [4.78, 5) is 39.3. The predicted molar refractivity (Wildman–Crippen MR) is 147 cm³/mol. The number of nitrogens with one attached hydrogen (secondary N) is 1. The molecule has 0 bridgehead atoms. The van der Waals surface area contributed by atoms with Crippen LogP contribution in [-0.2, 0) is 16.1 Å². The second kappa shape index (κ2) is 10.7. The molecular weight excluding hydrogens is 494 g/mol. The number of aromatic nitrogens is 1. The molecule has 5 rings (SSSR count). The van der Waals surface area contributed by atoms with E-state index in [-0.39, 0.29) is 12.1 Å². The Morgan fingerprint density at radius 2 is 1.44 bits per heavy atom. The average Bonchev–Trinajstić information content (AvgIpc) is 3.22. The zero-order valence-electron chi connectivity index (χ0n) is 21.8. The van der Waals surface area contributed by atoms with Crippen LogP contribution in [0.1, 0.15) is 22.5 Å². The molecule has 4 amide bonds. The molecule has 0 unspecified atom stereocenters. The monoisotopic (exact) mass is 521 g/mol. The minimum absolute atomic E-state index is 0.0695. The molecule has 1 aromatic heterocycles. The Labute approximate surface area is 226 Å². The van der Waals surface area contributed by atoms with Gasteiger partial charge in [0, 0.05) is 17.1 Å². The summed E-state index contributed by atoms with van der Waals surface area (Å²) in [6.07, 6.45) is 1.54. The van der Waals surface area contributed by atoms with Crippen LogP contribution < -0.4 is 14.8 Å². The number of hydrogen-bond acceptors (Lipinski definition) is 5. The molecule has 1 N–H and O–H groups in total. The summed E-state index contributed by atoms with van der Waals surface area (Å²) in [6, 6.07) is 25.3. The standard InChI is InChI=1S/C31H27N3O5/c1-20-17-23(18-28-29(35)32-31(37)33(30(28)36)19-22-7-5-4-6-8-22)21(2)34(20)24-9-11-26(12-10-24)39-27-15-13-25(38-3)14-16-27/h4-18H,19H2,1-3H3,(H,32,35,37)/b28-18+. The van der Waals surface area contributed by atoms with Crippen LogP contribution in [0.4, 0.5) is 4.79 Å². The smallest absolute Gasteiger partial charge is 0.331 e. The molecule has 39 heavy (non-hydrogen) atoms. The highest BCUT2D eigenvalue weighted by Crippen LogP contribution is 2.28. The van der Waals surface area contributed by atoms with E-state index in [9.17, 15) is 14.4 Å². The van der Waals surface area contributed by atoms with Crippen molar-refractivity contribution in [3.8, 4) is 22.9 Å². The van der Waals surface area contributed by atoms with Crippen molar-refractivity contribution in [2.75, 3.05) is 7.11 Å². The Morgan fingerprint density at radius 1 is 0.821 bits per heavy atom. The molecule has 2 heterocycles. The average molecular weight is 522 g/mol. The number of amides is 4. The van der Waals surface area contributed by atoms with Gasteiger partial charge in [-0.15, -0.1) is 0 Å². The van der Waals surface area contributed by atoms with Gasteiger partial charge in [-0.3, -0.25) is 19.8 Å². The molecule has 1 aliphatic heterocycles. The first-order valence-electron chi connectivity index (χ1n) is 12.4. The number of nitrogens with zero attached hydrogens (tertiary/aromatic N) is 2. The normalized spacial score (nSPS) is 14.5. The Balaban J connectivity index is 1.38. The minimum atomic E-state index is -0.728. The van der Waals surface area contributed by atoms with Crippen molar-refractivity contribution < 1.29 is 23.9 Å². The molecule has 1 aliphatic rings. The van der Waals surface area contributed by atoms with Crippen molar-refractivity contribution in [2.45, 2.75) is 20.4 Å². The maximum Gasteiger partial charge on any atom is 0.331 e. The van der Waals surface area contributed by atoms with E-state index in [4.69, 9.17) is 9.47 Å². The van der Waals surface area contributed by atoms with E-state index in [1.807, 2.05) is 103 Å². The fraction of sp³-hybridized carbons (Fsp3) is 0.129. The molecule has 0 radical (unpaired) electrons. The number of urea groups is 1. The molecule has 3 aromatic carbocycles. The van der Waals surface area contributed by atoms with E-state index in [2.05, 4.69) is 5.32 Å². The number of carbonyl (C=O) groups is 3. The maximum absolute atomic E-state index is 13.2. The quantitative estimate of drug-likeness (QED) is 0.254. The molecule has 0 atom stereocenters. The van der Waals surface area contributed by atoms with Crippen LogP contribution >= 0.6 is 0 Å². The van der Waals surface area contributed by atoms with Crippen molar-refractivity contribution in [1.29, 1.82) is 0 Å². The number of barbiturate groups is 1. The fourth-order valence-corrected chi connectivity index (χ4v) is 4.53. The first-order valence-corrected chi connectivity index (χ1v) is 12.4. The number of carbonyl (C=O) groups excluding carboxylic acids is 3. The molecular formula is C31H27N3O5. The summed E-state index contributed by atoms with van der Waals surface area (Å²) >= 11 is 0.